The molecule has 0 spiro atoms. The molecular weight excluding hydrogens is 223 g/mol. The molecule has 1 aromatic carbocycles. The third kappa shape index (κ3) is 2.97. The largest absolute Gasteiger partial charge is 0.289 e. The quantitative estimate of drug-likeness (QED) is 0.618. The van der Waals surface area contributed by atoms with Gasteiger partial charge >= 0.3 is 0 Å². The van der Waals surface area contributed by atoms with E-state index in [-0.39, 0.29) is 11.7 Å². The van der Waals surface area contributed by atoms with Crippen LogP contribution in [0.25, 0.3) is 0 Å². The normalized spacial score (nSPS) is 10.6. The fourth-order valence-corrected chi connectivity index (χ4v) is 1.16. The maximum Gasteiger partial charge on any atom is 0.289 e. The Kier molecular flexibility index (Phi) is 3.25. The van der Waals surface area contributed by atoms with Crippen LogP contribution in [-0.2, 0) is 0 Å². The second-order valence-corrected chi connectivity index (χ2v) is 3.22. The zero-order valence-corrected chi connectivity index (χ0v) is 8.72. The van der Waals surface area contributed by atoms with Crippen molar-refractivity contribution in [1.82, 2.24) is 15.6 Å². The molecule has 86 valence electrons. The highest BCUT2D eigenvalue weighted by Gasteiger charge is 2.03. The molecular formula is C11H9FN4O. The molecule has 2 aromatic rings. The van der Waals surface area contributed by atoms with Crippen molar-refractivity contribution in [3.8, 4) is 0 Å². The van der Waals surface area contributed by atoms with Gasteiger partial charge in [-0.25, -0.2) is 9.82 Å². The summed E-state index contributed by atoms with van der Waals surface area (Å²) < 4.78 is 12.6. The summed E-state index contributed by atoms with van der Waals surface area (Å²) in [5.41, 5.74) is 3.33. The molecule has 0 saturated heterocycles. The van der Waals surface area contributed by atoms with Crippen LogP contribution in [-0.4, -0.2) is 22.3 Å². The highest BCUT2D eigenvalue weighted by Crippen LogP contribution is 1.99. The lowest BCUT2D eigenvalue weighted by Crippen LogP contribution is -2.17. The van der Waals surface area contributed by atoms with Gasteiger partial charge in [0.15, 0.2) is 0 Å². The van der Waals surface area contributed by atoms with Crippen LogP contribution in [0.2, 0.25) is 0 Å². The van der Waals surface area contributed by atoms with Crippen LogP contribution < -0.4 is 5.43 Å². The third-order valence-corrected chi connectivity index (χ3v) is 2.00. The number of benzene rings is 1. The van der Waals surface area contributed by atoms with E-state index in [1.807, 2.05) is 0 Å². The fraction of sp³-hybridized carbons (Fsp3) is 0. The Balaban J connectivity index is 1.94. The topological polar surface area (TPSA) is 70.1 Å². The summed E-state index contributed by atoms with van der Waals surface area (Å²) in [7, 11) is 0. The first-order valence-corrected chi connectivity index (χ1v) is 4.84. The van der Waals surface area contributed by atoms with E-state index in [4.69, 9.17) is 0 Å². The van der Waals surface area contributed by atoms with Gasteiger partial charge in [0.25, 0.3) is 5.91 Å². The minimum atomic E-state index is -0.388. The molecule has 0 saturated carbocycles. The number of nitrogens with zero attached hydrogens (tertiary/aromatic N) is 2. The molecule has 1 heterocycles. The lowest BCUT2D eigenvalue weighted by atomic mass is 10.2. The maximum atomic E-state index is 12.6. The number of carbonyl (C=O) groups excluding carboxylic acids is 1. The van der Waals surface area contributed by atoms with Crippen LogP contribution in [0, 0.1) is 5.82 Å². The molecule has 2 N–H and O–H groups in total. The molecule has 0 bridgehead atoms. The number of H-pyrrole nitrogens is 1. The minimum absolute atomic E-state index is 0.316. The number of halogens is 1. The molecule has 1 aromatic heterocycles. The summed E-state index contributed by atoms with van der Waals surface area (Å²) in [6.45, 7) is 0. The first-order chi connectivity index (χ1) is 8.25. The van der Waals surface area contributed by atoms with Gasteiger partial charge in [0.05, 0.1) is 6.21 Å². The highest BCUT2D eigenvalue weighted by molar-refractivity contribution is 5.92. The average Bonchev–Trinajstić information content (AvgIpc) is 2.85. The molecule has 0 unspecified atom stereocenters. The average molecular weight is 232 g/mol. The predicted octanol–water partition coefficient (Wildman–Crippen LogP) is 1.31. The fourth-order valence-electron chi connectivity index (χ4n) is 1.16. The Morgan fingerprint density at radius 2 is 2.12 bits per heavy atom. The Bertz CT molecular complexity index is 519. The molecule has 0 fully saturated rings. The van der Waals surface area contributed by atoms with Crippen LogP contribution in [0.15, 0.2) is 41.6 Å². The third-order valence-electron chi connectivity index (χ3n) is 2.00. The van der Waals surface area contributed by atoms with E-state index in [2.05, 4.69) is 20.7 Å². The Morgan fingerprint density at radius 3 is 2.76 bits per heavy atom. The van der Waals surface area contributed by atoms with Crippen molar-refractivity contribution in [3.05, 3.63) is 53.6 Å². The van der Waals surface area contributed by atoms with Gasteiger partial charge in [0, 0.05) is 6.20 Å². The zero-order valence-electron chi connectivity index (χ0n) is 8.72. The second kappa shape index (κ2) is 5.02. The van der Waals surface area contributed by atoms with Crippen LogP contribution >= 0.6 is 0 Å². The second-order valence-electron chi connectivity index (χ2n) is 3.22. The predicted molar refractivity (Wildman–Crippen MR) is 60.0 cm³/mol. The smallest absolute Gasteiger partial charge is 0.273 e. The van der Waals surface area contributed by atoms with Crippen LogP contribution in [0.3, 0.4) is 0 Å². The van der Waals surface area contributed by atoms with Gasteiger partial charge in [-0.2, -0.15) is 10.2 Å². The van der Waals surface area contributed by atoms with Crippen molar-refractivity contribution in [3.63, 3.8) is 0 Å². The lowest BCUT2D eigenvalue weighted by Gasteiger charge is -1.95. The summed E-state index contributed by atoms with van der Waals surface area (Å²) >= 11 is 0. The van der Waals surface area contributed by atoms with E-state index in [0.29, 0.717) is 11.3 Å². The minimum Gasteiger partial charge on any atom is -0.273 e. The number of nitrogens with one attached hydrogen (secondary N) is 2. The van der Waals surface area contributed by atoms with E-state index in [1.165, 1.54) is 30.6 Å². The van der Waals surface area contributed by atoms with Crippen molar-refractivity contribution in [1.29, 1.82) is 0 Å². The van der Waals surface area contributed by atoms with E-state index in [0.717, 1.165) is 0 Å². The van der Waals surface area contributed by atoms with Crippen LogP contribution in [0.5, 0.6) is 0 Å². The van der Waals surface area contributed by atoms with Gasteiger partial charge in [-0.1, -0.05) is 12.1 Å². The van der Waals surface area contributed by atoms with Crippen molar-refractivity contribution >= 4 is 12.1 Å². The Labute approximate surface area is 96.4 Å². The van der Waals surface area contributed by atoms with E-state index < -0.39 is 0 Å². The molecule has 6 heteroatoms. The molecule has 0 aliphatic rings. The first kappa shape index (κ1) is 11.0. The van der Waals surface area contributed by atoms with E-state index >= 15 is 0 Å². The number of hydrogen-bond donors (Lipinski definition) is 2. The number of hydrogen-bond acceptors (Lipinski definition) is 3. The lowest BCUT2D eigenvalue weighted by molar-refractivity contribution is 0.0950. The number of carbonyl (C=O) groups is 1. The van der Waals surface area contributed by atoms with E-state index in [1.54, 1.807) is 12.1 Å². The number of hydrazone groups is 1. The van der Waals surface area contributed by atoms with Crippen LogP contribution in [0.4, 0.5) is 4.39 Å². The molecule has 1 amide bonds. The van der Waals surface area contributed by atoms with Crippen molar-refractivity contribution < 1.29 is 9.18 Å². The van der Waals surface area contributed by atoms with Crippen LogP contribution in [0.1, 0.15) is 16.1 Å². The van der Waals surface area contributed by atoms with Crippen molar-refractivity contribution in [2.45, 2.75) is 0 Å². The summed E-state index contributed by atoms with van der Waals surface area (Å²) in [6, 6.07) is 7.28. The molecule has 0 atom stereocenters. The zero-order chi connectivity index (χ0) is 12.1. The molecule has 17 heavy (non-hydrogen) atoms. The van der Waals surface area contributed by atoms with Crippen molar-refractivity contribution in [2.75, 3.05) is 0 Å². The first-order valence-electron chi connectivity index (χ1n) is 4.84. The molecule has 0 aliphatic heterocycles. The SMILES string of the molecule is O=C(N/N=C/c1ccc(F)cc1)c1ccn[nH]1. The highest BCUT2D eigenvalue weighted by atomic mass is 19.1. The summed E-state index contributed by atoms with van der Waals surface area (Å²) in [5.74, 6) is -0.704. The van der Waals surface area contributed by atoms with Gasteiger partial charge in [0.2, 0.25) is 0 Å². The summed E-state index contributed by atoms with van der Waals surface area (Å²) in [6.07, 6.45) is 2.90. The van der Waals surface area contributed by atoms with Gasteiger partial charge in [0.1, 0.15) is 11.5 Å². The molecule has 0 radical (unpaired) electrons. The van der Waals surface area contributed by atoms with Crippen molar-refractivity contribution in [2.24, 2.45) is 5.10 Å². The number of aromatic amines is 1. The monoisotopic (exact) mass is 232 g/mol. The van der Waals surface area contributed by atoms with Gasteiger partial charge in [-0.15, -0.1) is 0 Å². The Hall–Kier alpha value is -2.50. The summed E-state index contributed by atoms with van der Waals surface area (Å²) in [4.78, 5) is 11.4. The molecule has 5 nitrogen and oxygen atoms in total. The van der Waals surface area contributed by atoms with Gasteiger partial charge in [-0.05, 0) is 23.8 Å². The number of rotatable bonds is 3. The number of aromatic nitrogens is 2. The Morgan fingerprint density at radius 1 is 1.35 bits per heavy atom. The maximum absolute atomic E-state index is 12.6. The molecule has 0 aliphatic carbocycles. The summed E-state index contributed by atoms with van der Waals surface area (Å²) in [5, 5.41) is 9.88. The number of amides is 1. The van der Waals surface area contributed by atoms with Gasteiger partial charge < -0.3 is 0 Å². The standard InChI is InChI=1S/C11H9FN4O/c12-9-3-1-8(2-4-9)7-14-16-11(17)10-5-6-13-15-10/h1-7H,(H,13,15)(H,16,17)/b14-7+. The molecule has 2 rings (SSSR count). The van der Waals surface area contributed by atoms with E-state index in [9.17, 15) is 9.18 Å². The van der Waals surface area contributed by atoms with Gasteiger partial charge in [-0.3, -0.25) is 9.89 Å².